The Kier molecular flexibility index (Phi) is 5.41. The molecule has 1 N–H and O–H groups in total. The fourth-order valence-corrected chi connectivity index (χ4v) is 4.08. The van der Waals surface area contributed by atoms with Gasteiger partial charge >= 0.3 is 0 Å². The summed E-state index contributed by atoms with van der Waals surface area (Å²) in [5.74, 6) is 0. The number of hydrogen-bond acceptors (Lipinski definition) is 4. The first-order valence-corrected chi connectivity index (χ1v) is 10.8. The van der Waals surface area contributed by atoms with Crippen LogP contribution in [0.5, 0.6) is 0 Å². The van der Waals surface area contributed by atoms with Crippen LogP contribution in [0, 0.1) is 0 Å². The normalized spacial score (nSPS) is 10.6. The van der Waals surface area contributed by atoms with E-state index in [9.17, 15) is 0 Å². The van der Waals surface area contributed by atoms with E-state index in [1.54, 1.807) is 11.3 Å². The number of aromatic nitrogens is 3. The molecule has 0 atom stereocenters. The molecule has 0 fully saturated rings. The van der Waals surface area contributed by atoms with Crippen molar-refractivity contribution in [3.63, 3.8) is 0 Å². The summed E-state index contributed by atoms with van der Waals surface area (Å²) in [6.45, 7) is 0. The zero-order valence-electron chi connectivity index (χ0n) is 16.6. The van der Waals surface area contributed by atoms with Crippen molar-refractivity contribution in [1.82, 2.24) is 15.0 Å². The van der Waals surface area contributed by atoms with Crippen LogP contribution in [-0.4, -0.2) is 15.0 Å². The van der Waals surface area contributed by atoms with Crippen LogP contribution in [0.4, 0.5) is 0 Å². The Morgan fingerprint density at radius 3 is 1.94 bits per heavy atom. The minimum Gasteiger partial charge on any atom is -0.443 e. The second-order valence-electron chi connectivity index (χ2n) is 6.86. The Balaban J connectivity index is 0.000000102. The number of nitrogens with zero attached hydrogens (tertiary/aromatic N) is 2. The zero-order valence-corrected chi connectivity index (χ0v) is 17.4. The number of benzene rings is 4. The molecule has 3 heterocycles. The van der Waals surface area contributed by atoms with Gasteiger partial charge in [0.1, 0.15) is 5.52 Å². The Labute approximate surface area is 182 Å². The van der Waals surface area contributed by atoms with Crippen LogP contribution in [0.2, 0.25) is 0 Å². The first-order valence-electron chi connectivity index (χ1n) is 9.90. The molecule has 5 heteroatoms. The predicted octanol–water partition coefficient (Wildman–Crippen LogP) is 7.45. The van der Waals surface area contributed by atoms with E-state index in [1.807, 2.05) is 48.0 Å². The van der Waals surface area contributed by atoms with E-state index in [0.717, 1.165) is 16.6 Å². The van der Waals surface area contributed by atoms with Gasteiger partial charge < -0.3 is 9.40 Å². The van der Waals surface area contributed by atoms with Gasteiger partial charge in [0.2, 0.25) is 0 Å². The summed E-state index contributed by atoms with van der Waals surface area (Å²) < 4.78 is 6.27. The van der Waals surface area contributed by atoms with Crippen molar-refractivity contribution in [2.24, 2.45) is 0 Å². The second-order valence-corrected chi connectivity index (χ2v) is 7.74. The first-order chi connectivity index (χ1) is 15.4. The van der Waals surface area contributed by atoms with Gasteiger partial charge in [-0.2, -0.15) is 0 Å². The van der Waals surface area contributed by atoms with Crippen molar-refractivity contribution in [3.05, 3.63) is 109 Å². The van der Waals surface area contributed by atoms with Crippen molar-refractivity contribution in [1.29, 1.82) is 0 Å². The van der Waals surface area contributed by atoms with Crippen molar-refractivity contribution < 1.29 is 4.42 Å². The van der Waals surface area contributed by atoms with Crippen LogP contribution < -0.4 is 0 Å². The van der Waals surface area contributed by atoms with E-state index in [2.05, 4.69) is 69.5 Å². The minimum absolute atomic E-state index is 0.845. The molecule has 4 aromatic carbocycles. The van der Waals surface area contributed by atoms with Crippen molar-refractivity contribution >= 4 is 54.5 Å². The van der Waals surface area contributed by atoms with Crippen LogP contribution in [-0.2, 0) is 0 Å². The molecule has 0 saturated carbocycles. The summed E-state index contributed by atoms with van der Waals surface area (Å²) in [5, 5.41) is 2.61. The second kappa shape index (κ2) is 8.81. The average Bonchev–Trinajstić information content (AvgIpc) is 3.57. The van der Waals surface area contributed by atoms with Gasteiger partial charge in [0.25, 0.3) is 0 Å². The minimum atomic E-state index is 0.845. The number of thiazole rings is 1. The molecular formula is C26H19N3OS. The monoisotopic (exact) mass is 421 g/mol. The third-order valence-electron chi connectivity index (χ3n) is 4.89. The molecule has 0 aliphatic rings. The molecule has 0 amide bonds. The number of nitrogens with one attached hydrogen (secondary N) is 1. The number of H-pyrrole nitrogens is 1. The van der Waals surface area contributed by atoms with Gasteiger partial charge in [-0.1, -0.05) is 60.7 Å². The lowest BCUT2D eigenvalue weighted by Crippen LogP contribution is -1.62. The van der Waals surface area contributed by atoms with Gasteiger partial charge in [-0.25, -0.2) is 9.97 Å². The van der Waals surface area contributed by atoms with Crippen LogP contribution in [0.15, 0.2) is 113 Å². The Hall–Kier alpha value is -3.96. The quantitative estimate of drug-likeness (QED) is 0.277. The molecule has 7 aromatic rings. The molecule has 7 rings (SSSR count). The van der Waals surface area contributed by atoms with Gasteiger partial charge in [-0.3, -0.25) is 0 Å². The predicted molar refractivity (Wildman–Crippen MR) is 129 cm³/mol. The molecule has 0 radical (unpaired) electrons. The third-order valence-corrected chi connectivity index (χ3v) is 5.70. The van der Waals surface area contributed by atoms with Gasteiger partial charge in [0.05, 0.1) is 15.7 Å². The summed E-state index contributed by atoms with van der Waals surface area (Å²) in [4.78, 5) is 11.5. The topological polar surface area (TPSA) is 54.7 Å². The molecule has 0 saturated heterocycles. The lowest BCUT2D eigenvalue weighted by molar-refractivity contribution is 0.602. The summed E-state index contributed by atoms with van der Waals surface area (Å²) in [7, 11) is 0. The lowest BCUT2D eigenvalue weighted by atomic mass is 10.2. The van der Waals surface area contributed by atoms with Crippen LogP contribution in [0.25, 0.3) is 43.1 Å². The largest absolute Gasteiger partial charge is 0.443 e. The summed E-state index contributed by atoms with van der Waals surface area (Å²) in [6, 6.07) is 32.6. The Morgan fingerprint density at radius 2 is 1.23 bits per heavy atom. The number of hydrogen-bond donors (Lipinski definition) is 1. The van der Waals surface area contributed by atoms with Crippen LogP contribution in [0.3, 0.4) is 0 Å². The fraction of sp³-hybridized carbons (Fsp3) is 0. The molecule has 4 nitrogen and oxygen atoms in total. The summed E-state index contributed by atoms with van der Waals surface area (Å²) in [5.41, 5.74) is 7.15. The average molecular weight is 422 g/mol. The highest BCUT2D eigenvalue weighted by molar-refractivity contribution is 7.16. The van der Waals surface area contributed by atoms with Crippen molar-refractivity contribution in [2.45, 2.75) is 0 Å². The van der Waals surface area contributed by atoms with E-state index >= 15 is 0 Å². The number of fused-ring (bicyclic) bond motifs is 5. The molecule has 0 bridgehead atoms. The smallest absolute Gasteiger partial charge is 0.181 e. The van der Waals surface area contributed by atoms with Gasteiger partial charge in [-0.05, 0) is 36.4 Å². The molecule has 0 aliphatic heterocycles. The van der Waals surface area contributed by atoms with E-state index in [-0.39, 0.29) is 0 Å². The maximum Gasteiger partial charge on any atom is 0.181 e. The van der Waals surface area contributed by atoms with Gasteiger partial charge in [0.15, 0.2) is 12.0 Å². The highest BCUT2D eigenvalue weighted by atomic mass is 32.1. The molecule has 0 aliphatic carbocycles. The van der Waals surface area contributed by atoms with Crippen LogP contribution in [0.1, 0.15) is 0 Å². The lowest BCUT2D eigenvalue weighted by Gasteiger charge is -1.87. The molecule has 0 spiro atoms. The van der Waals surface area contributed by atoms with E-state index in [4.69, 9.17) is 4.42 Å². The molecule has 150 valence electrons. The number of para-hydroxylation sites is 5. The molecule has 0 unspecified atom stereocenters. The maximum atomic E-state index is 5.01. The fourth-order valence-electron chi connectivity index (χ4n) is 3.41. The SMILES string of the molecule is c1ccc2c(c1)[nH]c1ccccc12.c1ccc2ocnc2c1.c1ccc2scnc2c1. The van der Waals surface area contributed by atoms with Crippen LogP contribution >= 0.6 is 11.3 Å². The standard InChI is InChI=1S/C12H9N.C7H5NO.C7H5NS/c1-3-7-11-9(5-1)10-6-2-4-8-12(10)13-11;2*1-2-4-7-6(3-1)8-5-9-7/h1-8,13H;2*1-5H. The Bertz CT molecular complexity index is 1380. The molecular weight excluding hydrogens is 402 g/mol. The van der Waals surface area contributed by atoms with E-state index in [1.165, 1.54) is 32.9 Å². The number of aromatic amines is 1. The van der Waals surface area contributed by atoms with Crippen molar-refractivity contribution in [2.75, 3.05) is 0 Å². The maximum absolute atomic E-state index is 5.01. The van der Waals surface area contributed by atoms with Gasteiger partial charge in [0, 0.05) is 21.8 Å². The van der Waals surface area contributed by atoms with E-state index in [0.29, 0.717) is 0 Å². The summed E-state index contributed by atoms with van der Waals surface area (Å²) >= 11 is 1.68. The number of oxazole rings is 1. The zero-order chi connectivity index (χ0) is 20.9. The first kappa shape index (κ1) is 19.0. The molecule has 31 heavy (non-hydrogen) atoms. The van der Waals surface area contributed by atoms with Gasteiger partial charge in [-0.15, -0.1) is 11.3 Å². The molecule has 3 aromatic heterocycles. The van der Waals surface area contributed by atoms with Crippen molar-refractivity contribution in [3.8, 4) is 0 Å². The van der Waals surface area contributed by atoms with E-state index < -0.39 is 0 Å². The third kappa shape index (κ3) is 4.17. The summed E-state index contributed by atoms with van der Waals surface area (Å²) in [6.07, 6.45) is 1.45. The number of rotatable bonds is 0. The highest BCUT2D eigenvalue weighted by Gasteiger charge is 2.00. The Morgan fingerprint density at radius 1 is 0.613 bits per heavy atom. The highest BCUT2D eigenvalue weighted by Crippen LogP contribution is 2.24.